The fourth-order valence-electron chi connectivity index (χ4n) is 1.10. The molecule has 0 radical (unpaired) electrons. The minimum absolute atomic E-state index is 0.117. The van der Waals surface area contributed by atoms with Gasteiger partial charge in [0.1, 0.15) is 0 Å². The molecule has 90 valence electrons. The molecule has 0 saturated carbocycles. The molecule has 1 heterocycles. The Morgan fingerprint density at radius 2 is 2.44 bits per heavy atom. The van der Waals surface area contributed by atoms with Crippen molar-refractivity contribution >= 4 is 28.1 Å². The molecule has 0 aromatic carbocycles. The molecule has 2 N–H and O–H groups in total. The first-order valence-electron chi connectivity index (χ1n) is 4.78. The summed E-state index contributed by atoms with van der Waals surface area (Å²) in [6, 6.07) is 0. The van der Waals surface area contributed by atoms with Crippen LogP contribution in [0.1, 0.15) is 21.9 Å². The smallest absolute Gasteiger partial charge is 0.365 e. The number of nitrogens with one attached hydrogen (secondary N) is 1. The van der Waals surface area contributed by atoms with Gasteiger partial charge in [0, 0.05) is 34.7 Å². The zero-order chi connectivity index (χ0) is 12.0. The van der Waals surface area contributed by atoms with E-state index < -0.39 is 16.8 Å². The van der Waals surface area contributed by atoms with Crippen molar-refractivity contribution in [3.8, 4) is 0 Å². The van der Waals surface area contributed by atoms with Crippen molar-refractivity contribution in [2.24, 2.45) is 0 Å². The molecular weight excluding hydrogens is 248 g/mol. The summed E-state index contributed by atoms with van der Waals surface area (Å²) >= 11 is 1.13. The van der Waals surface area contributed by atoms with Gasteiger partial charge in [-0.1, -0.05) is 0 Å². The van der Waals surface area contributed by atoms with Gasteiger partial charge in [-0.05, 0) is 13.0 Å². The van der Waals surface area contributed by atoms with E-state index in [2.05, 4.69) is 10.3 Å². The molecule has 1 rings (SSSR count). The third kappa shape index (κ3) is 4.82. The number of carboxylic acid groups (broad SMARTS) is 1. The Balaban J connectivity index is 2.21. The van der Waals surface area contributed by atoms with Gasteiger partial charge in [0.05, 0.1) is 5.69 Å². The summed E-state index contributed by atoms with van der Waals surface area (Å²) in [5.41, 5.74) is 0.736. The molecule has 0 spiro atoms. The molecular formula is C9H14N2O3S2. The SMILES string of the molecule is CS(=O)CCCNCc1csc(C(=O)O)n1. The largest absolute Gasteiger partial charge is 0.476 e. The standard InChI is InChI=1S/C9H14N2O3S2/c1-16(14)4-2-3-10-5-7-6-15-8(11-7)9(12)13/h6,10H,2-5H2,1H3,(H,12,13). The first-order chi connectivity index (χ1) is 7.59. The van der Waals surface area contributed by atoms with Gasteiger partial charge in [-0.25, -0.2) is 9.78 Å². The van der Waals surface area contributed by atoms with Crippen molar-refractivity contribution in [3.05, 3.63) is 16.1 Å². The average Bonchev–Trinajstić information content (AvgIpc) is 2.65. The van der Waals surface area contributed by atoms with E-state index in [9.17, 15) is 9.00 Å². The highest BCUT2D eigenvalue weighted by atomic mass is 32.2. The minimum atomic E-state index is -0.988. The number of carbonyl (C=O) groups is 1. The number of hydrogen-bond acceptors (Lipinski definition) is 5. The third-order valence-electron chi connectivity index (χ3n) is 1.83. The Kier molecular flexibility index (Phi) is 5.58. The summed E-state index contributed by atoms with van der Waals surface area (Å²) < 4.78 is 10.8. The summed E-state index contributed by atoms with van der Waals surface area (Å²) in [7, 11) is -0.747. The number of hydrogen-bond donors (Lipinski definition) is 2. The van der Waals surface area contributed by atoms with Crippen molar-refractivity contribution in [2.45, 2.75) is 13.0 Å². The maximum absolute atomic E-state index is 10.8. The Hall–Kier alpha value is -0.790. The van der Waals surface area contributed by atoms with Gasteiger partial charge < -0.3 is 10.4 Å². The van der Waals surface area contributed by atoms with Gasteiger partial charge >= 0.3 is 5.97 Å². The summed E-state index contributed by atoms with van der Waals surface area (Å²) in [4.78, 5) is 14.5. The number of rotatable bonds is 7. The number of nitrogens with zero attached hydrogens (tertiary/aromatic N) is 1. The van der Waals surface area contributed by atoms with Crippen LogP contribution in [-0.2, 0) is 17.3 Å². The lowest BCUT2D eigenvalue weighted by Crippen LogP contribution is -2.16. The lowest BCUT2D eigenvalue weighted by Gasteiger charge is -2.00. The molecule has 0 amide bonds. The summed E-state index contributed by atoms with van der Waals surface area (Å²) in [6.45, 7) is 1.32. The van der Waals surface area contributed by atoms with Crippen LogP contribution >= 0.6 is 11.3 Å². The first-order valence-corrected chi connectivity index (χ1v) is 7.38. The summed E-state index contributed by atoms with van der Waals surface area (Å²) in [6.07, 6.45) is 2.53. The maximum Gasteiger partial charge on any atom is 0.365 e. The van der Waals surface area contributed by atoms with Gasteiger partial charge in [0.15, 0.2) is 0 Å². The van der Waals surface area contributed by atoms with Crippen molar-refractivity contribution < 1.29 is 14.1 Å². The molecule has 1 unspecified atom stereocenters. The molecule has 5 nitrogen and oxygen atoms in total. The lowest BCUT2D eigenvalue weighted by atomic mass is 10.4. The molecule has 7 heteroatoms. The van der Waals surface area contributed by atoms with Crippen LogP contribution in [0.3, 0.4) is 0 Å². The molecule has 1 aromatic heterocycles. The predicted molar refractivity (Wildman–Crippen MR) is 64.3 cm³/mol. The van der Waals surface area contributed by atoms with Crippen molar-refractivity contribution in [1.29, 1.82) is 0 Å². The van der Waals surface area contributed by atoms with E-state index in [0.29, 0.717) is 12.3 Å². The normalized spacial score (nSPS) is 12.6. The highest BCUT2D eigenvalue weighted by Crippen LogP contribution is 2.08. The van der Waals surface area contributed by atoms with Gasteiger partial charge in [-0.15, -0.1) is 11.3 Å². The fourth-order valence-corrected chi connectivity index (χ4v) is 2.31. The molecule has 0 aliphatic heterocycles. The molecule has 0 fully saturated rings. The zero-order valence-corrected chi connectivity index (χ0v) is 10.6. The van der Waals surface area contributed by atoms with E-state index >= 15 is 0 Å². The Morgan fingerprint density at radius 1 is 1.69 bits per heavy atom. The maximum atomic E-state index is 10.8. The summed E-state index contributed by atoms with van der Waals surface area (Å²) in [5.74, 6) is -0.303. The Labute approximate surface area is 100 Å². The van der Waals surface area contributed by atoms with E-state index in [1.165, 1.54) is 0 Å². The zero-order valence-electron chi connectivity index (χ0n) is 8.93. The highest BCUT2D eigenvalue weighted by Gasteiger charge is 2.07. The monoisotopic (exact) mass is 262 g/mol. The fraction of sp³-hybridized carbons (Fsp3) is 0.556. The third-order valence-corrected chi connectivity index (χ3v) is 3.57. The van der Waals surface area contributed by atoms with E-state index in [1.54, 1.807) is 11.6 Å². The van der Waals surface area contributed by atoms with E-state index in [-0.39, 0.29) is 5.01 Å². The molecule has 0 aliphatic carbocycles. The van der Waals surface area contributed by atoms with Crippen LogP contribution in [-0.4, -0.2) is 38.8 Å². The second-order valence-electron chi connectivity index (χ2n) is 3.26. The van der Waals surface area contributed by atoms with E-state index in [0.717, 1.165) is 30.0 Å². The molecule has 0 saturated heterocycles. The molecule has 0 aliphatic rings. The van der Waals surface area contributed by atoms with Crippen molar-refractivity contribution in [2.75, 3.05) is 18.6 Å². The summed E-state index contributed by atoms with van der Waals surface area (Å²) in [5, 5.41) is 13.6. The van der Waals surface area contributed by atoms with Crippen LogP contribution in [0.25, 0.3) is 0 Å². The Morgan fingerprint density at radius 3 is 3.00 bits per heavy atom. The van der Waals surface area contributed by atoms with Crippen LogP contribution in [0, 0.1) is 0 Å². The van der Waals surface area contributed by atoms with Crippen LogP contribution < -0.4 is 5.32 Å². The van der Waals surface area contributed by atoms with Gasteiger partial charge in [0.2, 0.25) is 5.01 Å². The predicted octanol–water partition coefficient (Wildman–Crippen LogP) is 0.699. The molecule has 16 heavy (non-hydrogen) atoms. The quantitative estimate of drug-likeness (QED) is 0.707. The van der Waals surface area contributed by atoms with E-state index in [4.69, 9.17) is 5.11 Å². The number of aromatic nitrogens is 1. The number of carboxylic acids is 1. The molecule has 1 atom stereocenters. The number of aromatic carboxylic acids is 1. The van der Waals surface area contributed by atoms with Crippen LogP contribution in [0.2, 0.25) is 0 Å². The Bertz CT molecular complexity index is 379. The second-order valence-corrected chi connectivity index (χ2v) is 5.67. The van der Waals surface area contributed by atoms with Crippen LogP contribution in [0.15, 0.2) is 5.38 Å². The van der Waals surface area contributed by atoms with Gasteiger partial charge in [0.25, 0.3) is 0 Å². The number of thiazole rings is 1. The highest BCUT2D eigenvalue weighted by molar-refractivity contribution is 7.84. The van der Waals surface area contributed by atoms with E-state index in [1.807, 2.05) is 0 Å². The average molecular weight is 262 g/mol. The second kappa shape index (κ2) is 6.72. The van der Waals surface area contributed by atoms with Gasteiger partial charge in [-0.3, -0.25) is 4.21 Å². The minimum Gasteiger partial charge on any atom is -0.476 e. The first kappa shape index (κ1) is 13.3. The van der Waals surface area contributed by atoms with Crippen LogP contribution in [0.4, 0.5) is 0 Å². The molecule has 0 bridgehead atoms. The molecule has 1 aromatic rings. The van der Waals surface area contributed by atoms with Crippen molar-refractivity contribution in [3.63, 3.8) is 0 Å². The van der Waals surface area contributed by atoms with Crippen LogP contribution in [0.5, 0.6) is 0 Å². The van der Waals surface area contributed by atoms with Gasteiger partial charge in [-0.2, -0.15) is 0 Å². The lowest BCUT2D eigenvalue weighted by molar-refractivity contribution is 0.0696. The topological polar surface area (TPSA) is 79.3 Å². The van der Waals surface area contributed by atoms with Crippen molar-refractivity contribution in [1.82, 2.24) is 10.3 Å².